The second-order valence-corrected chi connectivity index (χ2v) is 12.0. The summed E-state index contributed by atoms with van der Waals surface area (Å²) in [6.45, 7) is 3.19. The Morgan fingerprint density at radius 1 is 0.778 bits per heavy atom. The first-order valence-electron chi connectivity index (χ1n) is 12.4. The number of hydrogen-bond acceptors (Lipinski definition) is 1. The fourth-order valence-corrected chi connectivity index (χ4v) is 10.1. The summed E-state index contributed by atoms with van der Waals surface area (Å²) >= 11 is 0. The minimum atomic E-state index is 0.519. The van der Waals surface area contributed by atoms with Crippen molar-refractivity contribution in [2.24, 2.45) is 46.8 Å². The fourth-order valence-electron chi connectivity index (χ4n) is 10.1. The summed E-state index contributed by atoms with van der Waals surface area (Å²) in [4.78, 5) is 15.8. The highest BCUT2D eigenvalue weighted by Crippen LogP contribution is 2.62. The maximum absolute atomic E-state index is 13.4. The molecule has 150 valence electrons. The molecule has 0 aromatic carbocycles. The Hall–Kier alpha value is -0.530. The molecule has 8 fully saturated rings. The lowest BCUT2D eigenvalue weighted by Gasteiger charge is -2.58. The van der Waals surface area contributed by atoms with Crippen LogP contribution in [-0.4, -0.2) is 23.4 Å². The smallest absolute Gasteiger partial charge is 0.222 e. The van der Waals surface area contributed by atoms with Crippen molar-refractivity contribution in [1.82, 2.24) is 4.90 Å². The molecule has 0 atom stereocenters. The van der Waals surface area contributed by atoms with Crippen LogP contribution in [0.2, 0.25) is 0 Å². The van der Waals surface area contributed by atoms with Gasteiger partial charge in [0.05, 0.1) is 0 Å². The summed E-state index contributed by atoms with van der Waals surface area (Å²) in [5.41, 5.74) is 0.563. The number of carbonyl (C=O) groups is 1. The van der Waals surface area contributed by atoms with Gasteiger partial charge in [0, 0.05) is 19.0 Å². The van der Waals surface area contributed by atoms with Gasteiger partial charge in [-0.25, -0.2) is 0 Å². The first-order chi connectivity index (χ1) is 13.1. The summed E-state index contributed by atoms with van der Waals surface area (Å²) < 4.78 is 0. The van der Waals surface area contributed by atoms with Gasteiger partial charge in [-0.2, -0.15) is 0 Å². The van der Waals surface area contributed by atoms with Crippen LogP contribution in [0.15, 0.2) is 0 Å². The highest BCUT2D eigenvalue weighted by atomic mass is 16.2. The molecule has 27 heavy (non-hydrogen) atoms. The van der Waals surface area contributed by atoms with E-state index < -0.39 is 0 Å². The van der Waals surface area contributed by atoms with Gasteiger partial charge < -0.3 is 4.90 Å². The largest absolute Gasteiger partial charge is 0.339 e. The van der Waals surface area contributed by atoms with Crippen molar-refractivity contribution in [3.63, 3.8) is 0 Å². The van der Waals surface area contributed by atoms with Gasteiger partial charge >= 0.3 is 0 Å². The Kier molecular flexibility index (Phi) is 4.00. The molecule has 2 nitrogen and oxygen atoms in total. The van der Waals surface area contributed by atoms with Crippen LogP contribution in [0.25, 0.3) is 0 Å². The molecule has 1 amide bonds. The van der Waals surface area contributed by atoms with Crippen molar-refractivity contribution in [3.05, 3.63) is 0 Å². The maximum atomic E-state index is 13.4. The van der Waals surface area contributed by atoms with E-state index in [9.17, 15) is 4.79 Å². The molecule has 8 rings (SSSR count). The Labute approximate surface area is 165 Å². The van der Waals surface area contributed by atoms with Gasteiger partial charge in [0.2, 0.25) is 5.91 Å². The number of nitrogens with zero attached hydrogens (tertiary/aromatic N) is 1. The lowest BCUT2D eigenvalue weighted by atomic mass is 9.48. The molecule has 0 spiro atoms. The molecule has 8 bridgehead atoms. The van der Waals surface area contributed by atoms with E-state index in [0.717, 1.165) is 54.4 Å². The molecule has 8 aliphatic carbocycles. The SMILES string of the molecule is CCN(C(=O)CCC12CC3CC(CC(C3)C1)C2)C1C2CC3CC(C2)CC1C3. The molecule has 0 unspecified atom stereocenters. The molecular formula is C25H39NO. The van der Waals surface area contributed by atoms with Crippen LogP contribution < -0.4 is 0 Å². The van der Waals surface area contributed by atoms with Crippen molar-refractivity contribution in [3.8, 4) is 0 Å². The van der Waals surface area contributed by atoms with Crippen LogP contribution in [0.1, 0.15) is 90.4 Å². The molecule has 0 aliphatic heterocycles. The van der Waals surface area contributed by atoms with E-state index in [1.165, 1.54) is 77.0 Å². The van der Waals surface area contributed by atoms with E-state index in [1.54, 1.807) is 0 Å². The predicted molar refractivity (Wildman–Crippen MR) is 108 cm³/mol. The zero-order valence-corrected chi connectivity index (χ0v) is 17.4. The number of carbonyl (C=O) groups excluding carboxylic acids is 1. The van der Waals surface area contributed by atoms with Gasteiger partial charge in [-0.3, -0.25) is 4.79 Å². The zero-order chi connectivity index (χ0) is 18.2. The molecule has 0 N–H and O–H groups in total. The lowest BCUT2D eigenvalue weighted by molar-refractivity contribution is -0.145. The standard InChI is InChI=1S/C25H39NO/c1-2-26(24-21-9-16-5-17(11-21)12-22(24)10-16)23(27)3-4-25-13-18-6-19(14-25)8-20(7-18)15-25/h16-22,24H,2-15H2,1H3. The van der Waals surface area contributed by atoms with E-state index in [-0.39, 0.29) is 0 Å². The van der Waals surface area contributed by atoms with Gasteiger partial charge in [0.25, 0.3) is 0 Å². The van der Waals surface area contributed by atoms with Crippen molar-refractivity contribution < 1.29 is 4.79 Å². The second-order valence-electron chi connectivity index (χ2n) is 12.0. The Morgan fingerprint density at radius 3 is 1.74 bits per heavy atom. The van der Waals surface area contributed by atoms with E-state index in [1.807, 2.05) is 0 Å². The zero-order valence-electron chi connectivity index (χ0n) is 17.4. The number of rotatable bonds is 5. The van der Waals surface area contributed by atoms with E-state index in [4.69, 9.17) is 0 Å². The highest BCUT2D eigenvalue weighted by Gasteiger charge is 2.52. The molecular weight excluding hydrogens is 330 g/mol. The molecule has 0 aromatic heterocycles. The summed E-state index contributed by atoms with van der Waals surface area (Å²) in [6, 6.07) is 0.603. The summed E-state index contributed by atoms with van der Waals surface area (Å²) in [5, 5.41) is 0. The predicted octanol–water partition coefficient (Wildman–Crippen LogP) is 5.66. The maximum Gasteiger partial charge on any atom is 0.222 e. The van der Waals surface area contributed by atoms with E-state index in [0.29, 0.717) is 17.4 Å². The molecule has 8 aliphatic rings. The minimum absolute atomic E-state index is 0.519. The molecule has 8 saturated carbocycles. The van der Waals surface area contributed by atoms with Gasteiger partial charge in [0.15, 0.2) is 0 Å². The quantitative estimate of drug-likeness (QED) is 0.612. The second kappa shape index (κ2) is 6.23. The average Bonchev–Trinajstić information content (AvgIpc) is 2.61. The van der Waals surface area contributed by atoms with Crippen LogP contribution in [0.5, 0.6) is 0 Å². The van der Waals surface area contributed by atoms with Crippen molar-refractivity contribution in [2.45, 2.75) is 96.4 Å². The summed E-state index contributed by atoms with van der Waals surface area (Å²) in [7, 11) is 0. The topological polar surface area (TPSA) is 20.3 Å². The average molecular weight is 370 g/mol. The van der Waals surface area contributed by atoms with Gasteiger partial charge in [-0.05, 0) is 131 Å². The molecule has 2 heteroatoms. The number of amides is 1. The third-order valence-electron chi connectivity index (χ3n) is 10.2. The molecule has 0 aromatic rings. The Bertz CT molecular complexity index is 546. The van der Waals surface area contributed by atoms with Gasteiger partial charge in [-0.1, -0.05) is 0 Å². The van der Waals surface area contributed by atoms with Crippen molar-refractivity contribution in [1.29, 1.82) is 0 Å². The fraction of sp³-hybridized carbons (Fsp3) is 0.960. The molecule has 0 heterocycles. The third-order valence-corrected chi connectivity index (χ3v) is 10.2. The van der Waals surface area contributed by atoms with Gasteiger partial charge in [0.1, 0.15) is 0 Å². The Balaban J connectivity index is 1.13. The molecule has 0 radical (unpaired) electrons. The van der Waals surface area contributed by atoms with Crippen molar-refractivity contribution in [2.75, 3.05) is 6.54 Å². The van der Waals surface area contributed by atoms with E-state index >= 15 is 0 Å². The number of hydrogen-bond donors (Lipinski definition) is 0. The van der Waals surface area contributed by atoms with Crippen LogP contribution in [-0.2, 0) is 4.79 Å². The summed E-state index contributed by atoms with van der Waals surface area (Å²) in [6.07, 6.45) is 18.2. The first kappa shape index (κ1) is 17.3. The van der Waals surface area contributed by atoms with Crippen LogP contribution in [0.4, 0.5) is 0 Å². The third kappa shape index (κ3) is 2.83. The van der Waals surface area contributed by atoms with Crippen LogP contribution >= 0.6 is 0 Å². The molecule has 0 saturated heterocycles. The summed E-state index contributed by atoms with van der Waals surface area (Å²) in [5.74, 6) is 7.24. The minimum Gasteiger partial charge on any atom is -0.339 e. The normalized spacial score (nSPS) is 51.7. The van der Waals surface area contributed by atoms with E-state index in [2.05, 4.69) is 11.8 Å². The lowest BCUT2D eigenvalue weighted by Crippen LogP contribution is -2.57. The monoisotopic (exact) mass is 369 g/mol. The van der Waals surface area contributed by atoms with Crippen LogP contribution in [0, 0.1) is 46.8 Å². The van der Waals surface area contributed by atoms with Crippen molar-refractivity contribution >= 4 is 5.91 Å². The van der Waals surface area contributed by atoms with Gasteiger partial charge in [-0.15, -0.1) is 0 Å². The first-order valence-corrected chi connectivity index (χ1v) is 12.4. The van der Waals surface area contributed by atoms with Crippen LogP contribution in [0.3, 0.4) is 0 Å². The highest BCUT2D eigenvalue weighted by molar-refractivity contribution is 5.76. The Morgan fingerprint density at radius 2 is 1.26 bits per heavy atom.